The van der Waals surface area contributed by atoms with E-state index in [4.69, 9.17) is 22.5 Å². The van der Waals surface area contributed by atoms with E-state index < -0.39 is 20.6 Å². The van der Waals surface area contributed by atoms with E-state index in [0.717, 1.165) is 0 Å². The average Bonchev–Trinajstić information content (AvgIpc) is 2.84. The Balaban J connectivity index is 3.42. The molecule has 0 saturated heterocycles. The molecule has 0 atom stereocenters. The van der Waals surface area contributed by atoms with E-state index in [9.17, 15) is 9.13 Å². The van der Waals surface area contributed by atoms with Gasteiger partial charge in [0.1, 0.15) is 11.5 Å². The predicted molar refractivity (Wildman–Crippen MR) is 69.4 cm³/mol. The first-order chi connectivity index (χ1) is 8.86. The summed E-state index contributed by atoms with van der Waals surface area (Å²) in [4.78, 5) is 0. The van der Waals surface area contributed by atoms with Crippen molar-refractivity contribution >= 4 is 15.2 Å². The summed E-state index contributed by atoms with van der Waals surface area (Å²) in [5, 5.41) is -1.28. The fourth-order valence-corrected chi connectivity index (χ4v) is 6.14. The Hall–Kier alpha value is -0.420. The molecule has 1 rings (SSSR count). The third kappa shape index (κ3) is 3.19. The lowest BCUT2D eigenvalue weighted by atomic mass is 10.5. The standard InChI is InChI=1S/C10H18O7P2/c1-8-6-7-9(17-8)10(18(11,13-2)14-3)19(12,15-4)16-5/h6-7,10H,1-5H3. The molecule has 0 aliphatic heterocycles. The Bertz CT molecular complexity index is 468. The molecule has 1 aromatic rings. The lowest BCUT2D eigenvalue weighted by Gasteiger charge is -2.27. The molecule has 1 aromatic heterocycles. The molecule has 0 fully saturated rings. The second-order valence-electron chi connectivity index (χ2n) is 3.63. The fourth-order valence-electron chi connectivity index (χ4n) is 1.63. The molecule has 0 aromatic carbocycles. The van der Waals surface area contributed by atoms with E-state index in [2.05, 4.69) is 0 Å². The minimum absolute atomic E-state index is 0.163. The van der Waals surface area contributed by atoms with Crippen LogP contribution in [0.25, 0.3) is 0 Å². The highest BCUT2D eigenvalue weighted by atomic mass is 31.2. The van der Waals surface area contributed by atoms with Gasteiger partial charge in [-0.3, -0.25) is 9.13 Å². The monoisotopic (exact) mass is 312 g/mol. The predicted octanol–water partition coefficient (Wildman–Crippen LogP) is 3.56. The Morgan fingerprint density at radius 3 is 1.63 bits per heavy atom. The smallest absolute Gasteiger partial charge is 0.353 e. The Kier molecular flexibility index (Phi) is 5.56. The van der Waals surface area contributed by atoms with Crippen LogP contribution in [-0.2, 0) is 27.2 Å². The van der Waals surface area contributed by atoms with Crippen LogP contribution in [-0.4, -0.2) is 28.4 Å². The number of aryl methyl sites for hydroxylation is 1. The van der Waals surface area contributed by atoms with Gasteiger partial charge in [0, 0.05) is 28.4 Å². The highest BCUT2D eigenvalue weighted by molar-refractivity contribution is 7.72. The molecule has 0 N–H and O–H groups in total. The minimum Gasteiger partial charge on any atom is -0.465 e. The Morgan fingerprint density at radius 1 is 0.947 bits per heavy atom. The van der Waals surface area contributed by atoms with Crippen LogP contribution in [0.15, 0.2) is 16.5 Å². The molecule has 0 aliphatic rings. The van der Waals surface area contributed by atoms with Gasteiger partial charge in [-0.2, -0.15) is 0 Å². The SMILES string of the molecule is COP(=O)(OC)C(c1ccc(C)o1)P(=O)(OC)OC. The Morgan fingerprint density at radius 2 is 1.37 bits per heavy atom. The van der Waals surface area contributed by atoms with Gasteiger partial charge in [0.15, 0.2) is 0 Å². The molecule has 0 aliphatic carbocycles. The van der Waals surface area contributed by atoms with Gasteiger partial charge >= 0.3 is 15.2 Å². The van der Waals surface area contributed by atoms with Gasteiger partial charge < -0.3 is 22.5 Å². The number of hydrogen-bond donors (Lipinski definition) is 0. The van der Waals surface area contributed by atoms with Crippen molar-refractivity contribution in [2.45, 2.75) is 12.3 Å². The first-order valence-electron chi connectivity index (χ1n) is 5.35. The highest BCUT2D eigenvalue weighted by Gasteiger charge is 2.52. The van der Waals surface area contributed by atoms with Crippen molar-refractivity contribution in [3.8, 4) is 0 Å². The first-order valence-corrected chi connectivity index (χ1v) is 8.58. The number of hydrogen-bond acceptors (Lipinski definition) is 7. The van der Waals surface area contributed by atoms with E-state index in [1.165, 1.54) is 34.5 Å². The zero-order valence-electron chi connectivity index (χ0n) is 11.5. The molecule has 19 heavy (non-hydrogen) atoms. The second-order valence-corrected chi connectivity index (χ2v) is 8.69. The molecule has 0 amide bonds. The maximum Gasteiger partial charge on any atom is 0.353 e. The van der Waals surface area contributed by atoms with Crippen LogP contribution in [0.2, 0.25) is 0 Å². The van der Waals surface area contributed by atoms with Crippen molar-refractivity contribution in [1.82, 2.24) is 0 Å². The zero-order valence-corrected chi connectivity index (χ0v) is 13.3. The number of rotatable bonds is 7. The largest absolute Gasteiger partial charge is 0.465 e. The second kappa shape index (κ2) is 6.35. The molecular formula is C10H18O7P2. The topological polar surface area (TPSA) is 84.2 Å². The first kappa shape index (κ1) is 16.6. The van der Waals surface area contributed by atoms with Gasteiger partial charge in [-0.05, 0) is 19.1 Å². The van der Waals surface area contributed by atoms with Crippen LogP contribution in [0.3, 0.4) is 0 Å². The van der Waals surface area contributed by atoms with E-state index in [-0.39, 0.29) is 5.76 Å². The Labute approximate surface area is 112 Å². The van der Waals surface area contributed by atoms with Crippen LogP contribution >= 0.6 is 15.2 Å². The molecule has 7 nitrogen and oxygen atoms in total. The van der Waals surface area contributed by atoms with Crippen LogP contribution < -0.4 is 0 Å². The van der Waals surface area contributed by atoms with Crippen molar-refractivity contribution in [3.05, 3.63) is 23.7 Å². The summed E-state index contributed by atoms with van der Waals surface area (Å²) < 4.78 is 50.2. The van der Waals surface area contributed by atoms with Crippen molar-refractivity contribution in [2.75, 3.05) is 28.4 Å². The van der Waals surface area contributed by atoms with Crippen molar-refractivity contribution in [1.29, 1.82) is 0 Å². The van der Waals surface area contributed by atoms with Crippen molar-refractivity contribution < 1.29 is 31.6 Å². The van der Waals surface area contributed by atoms with Gasteiger partial charge in [-0.1, -0.05) is 0 Å². The van der Waals surface area contributed by atoms with E-state index >= 15 is 0 Å². The van der Waals surface area contributed by atoms with Gasteiger partial charge in [-0.15, -0.1) is 0 Å². The van der Waals surface area contributed by atoms with Gasteiger partial charge in [0.25, 0.3) is 0 Å². The normalized spacial score (nSPS) is 13.2. The summed E-state index contributed by atoms with van der Waals surface area (Å²) in [6.07, 6.45) is 0. The lowest BCUT2D eigenvalue weighted by Crippen LogP contribution is -2.07. The summed E-state index contributed by atoms with van der Waals surface area (Å²) in [5.41, 5.74) is 0. The number of furan rings is 1. The molecule has 110 valence electrons. The minimum atomic E-state index is -3.76. The van der Waals surface area contributed by atoms with Crippen LogP contribution in [0.1, 0.15) is 16.9 Å². The molecule has 0 bridgehead atoms. The van der Waals surface area contributed by atoms with Crippen LogP contribution in [0.4, 0.5) is 0 Å². The highest BCUT2D eigenvalue weighted by Crippen LogP contribution is 2.77. The van der Waals surface area contributed by atoms with Gasteiger partial charge in [0.05, 0.1) is 0 Å². The maximum absolute atomic E-state index is 12.6. The summed E-state index contributed by atoms with van der Waals surface area (Å²) >= 11 is 0. The van der Waals surface area contributed by atoms with Crippen molar-refractivity contribution in [3.63, 3.8) is 0 Å². The average molecular weight is 312 g/mol. The quantitative estimate of drug-likeness (QED) is 0.712. The lowest BCUT2D eigenvalue weighted by molar-refractivity contribution is 0.242. The summed E-state index contributed by atoms with van der Waals surface area (Å²) in [6.45, 7) is 1.70. The molecular weight excluding hydrogens is 294 g/mol. The molecule has 9 heteroatoms. The van der Waals surface area contributed by atoms with Crippen molar-refractivity contribution in [2.24, 2.45) is 0 Å². The van der Waals surface area contributed by atoms with Gasteiger partial charge in [-0.25, -0.2) is 0 Å². The summed E-state index contributed by atoms with van der Waals surface area (Å²) in [5.74, 6) is 0.731. The van der Waals surface area contributed by atoms with E-state index in [1.807, 2.05) is 0 Å². The molecule has 0 unspecified atom stereocenters. The third-order valence-corrected chi connectivity index (χ3v) is 8.07. The molecule has 0 radical (unpaired) electrons. The molecule has 0 spiro atoms. The molecule has 0 saturated carbocycles. The maximum atomic E-state index is 12.6. The summed E-state index contributed by atoms with van der Waals surface area (Å²) in [7, 11) is -2.73. The summed E-state index contributed by atoms with van der Waals surface area (Å²) in [6, 6.07) is 3.18. The zero-order chi connectivity index (χ0) is 14.7. The van der Waals surface area contributed by atoms with Crippen LogP contribution in [0.5, 0.6) is 0 Å². The van der Waals surface area contributed by atoms with Gasteiger partial charge in [0.2, 0.25) is 5.40 Å². The van der Waals surface area contributed by atoms with E-state index in [0.29, 0.717) is 5.76 Å². The fraction of sp³-hybridized carbons (Fsp3) is 0.600. The third-order valence-electron chi connectivity index (χ3n) is 2.63. The molecule has 1 heterocycles. The van der Waals surface area contributed by atoms with E-state index in [1.54, 1.807) is 13.0 Å². The van der Waals surface area contributed by atoms with Crippen LogP contribution in [0, 0.1) is 6.92 Å².